The first-order valence-corrected chi connectivity index (χ1v) is 8.33. The second kappa shape index (κ2) is 6.76. The quantitative estimate of drug-likeness (QED) is 0.549. The van der Waals surface area contributed by atoms with E-state index in [9.17, 15) is 9.90 Å². The molecule has 1 amide bonds. The van der Waals surface area contributed by atoms with E-state index in [-0.39, 0.29) is 18.1 Å². The number of benzene rings is 3. The fourth-order valence-corrected chi connectivity index (χ4v) is 2.99. The summed E-state index contributed by atoms with van der Waals surface area (Å²) >= 11 is 0. The molecule has 1 aromatic heterocycles. The molecule has 0 bridgehead atoms. The van der Waals surface area contributed by atoms with Crippen molar-refractivity contribution in [2.45, 2.75) is 6.42 Å². The molecule has 0 aliphatic heterocycles. The number of aromatic hydroxyl groups is 1. The summed E-state index contributed by atoms with van der Waals surface area (Å²) in [5.74, 6) is 0.0200. The number of furan rings is 1. The van der Waals surface area contributed by atoms with Crippen LogP contribution < -0.4 is 5.32 Å². The maximum absolute atomic E-state index is 12.4. The third-order valence-corrected chi connectivity index (χ3v) is 4.24. The molecule has 128 valence electrons. The number of amides is 1. The van der Waals surface area contributed by atoms with Gasteiger partial charge in [0, 0.05) is 22.7 Å². The van der Waals surface area contributed by atoms with Gasteiger partial charge in [-0.3, -0.25) is 4.79 Å². The topological polar surface area (TPSA) is 62.5 Å². The predicted molar refractivity (Wildman–Crippen MR) is 102 cm³/mol. The Morgan fingerprint density at radius 2 is 1.73 bits per heavy atom. The molecule has 3 aromatic carbocycles. The molecule has 0 unspecified atom stereocenters. The Labute approximate surface area is 150 Å². The van der Waals surface area contributed by atoms with Crippen molar-refractivity contribution in [2.24, 2.45) is 0 Å². The van der Waals surface area contributed by atoms with Crippen LogP contribution in [0, 0.1) is 0 Å². The molecular weight excluding hydrogens is 326 g/mol. The summed E-state index contributed by atoms with van der Waals surface area (Å²) in [6, 6.07) is 22.7. The Morgan fingerprint density at radius 1 is 0.923 bits per heavy atom. The highest BCUT2D eigenvalue weighted by molar-refractivity contribution is 5.96. The van der Waals surface area contributed by atoms with Crippen LogP contribution in [0.25, 0.3) is 22.1 Å². The third-order valence-electron chi connectivity index (χ3n) is 4.24. The lowest BCUT2D eigenvalue weighted by molar-refractivity contribution is -0.115. The van der Waals surface area contributed by atoms with Crippen molar-refractivity contribution in [3.8, 4) is 16.9 Å². The van der Waals surface area contributed by atoms with Gasteiger partial charge < -0.3 is 14.8 Å². The van der Waals surface area contributed by atoms with E-state index in [0.717, 1.165) is 27.8 Å². The van der Waals surface area contributed by atoms with Gasteiger partial charge in [0.2, 0.25) is 5.91 Å². The molecule has 0 radical (unpaired) electrons. The van der Waals surface area contributed by atoms with Gasteiger partial charge in [0.1, 0.15) is 11.3 Å². The van der Waals surface area contributed by atoms with Crippen molar-refractivity contribution in [3.63, 3.8) is 0 Å². The van der Waals surface area contributed by atoms with E-state index in [2.05, 4.69) is 5.32 Å². The zero-order valence-electron chi connectivity index (χ0n) is 14.0. The van der Waals surface area contributed by atoms with Gasteiger partial charge in [-0.05, 0) is 35.4 Å². The number of hydrogen-bond donors (Lipinski definition) is 2. The molecule has 0 spiro atoms. The van der Waals surface area contributed by atoms with Gasteiger partial charge in [-0.1, -0.05) is 42.5 Å². The van der Waals surface area contributed by atoms with E-state index in [4.69, 9.17) is 4.42 Å². The fourth-order valence-electron chi connectivity index (χ4n) is 2.99. The number of carbonyl (C=O) groups excluding carboxylic acids is 1. The average molecular weight is 343 g/mol. The molecule has 0 fully saturated rings. The summed E-state index contributed by atoms with van der Waals surface area (Å²) in [4.78, 5) is 12.4. The number of phenols is 1. The highest BCUT2D eigenvalue weighted by atomic mass is 16.3. The van der Waals surface area contributed by atoms with E-state index in [1.54, 1.807) is 24.5 Å². The molecule has 0 saturated heterocycles. The van der Waals surface area contributed by atoms with Gasteiger partial charge in [-0.15, -0.1) is 0 Å². The zero-order chi connectivity index (χ0) is 17.9. The number of hydrogen-bond acceptors (Lipinski definition) is 3. The van der Waals surface area contributed by atoms with Crippen molar-refractivity contribution < 1.29 is 14.3 Å². The Hall–Kier alpha value is -3.53. The maximum atomic E-state index is 12.4. The Balaban J connectivity index is 1.51. The van der Waals surface area contributed by atoms with Crippen LogP contribution in [0.5, 0.6) is 5.75 Å². The highest BCUT2D eigenvalue weighted by Gasteiger charge is 2.11. The molecule has 4 nitrogen and oxygen atoms in total. The lowest BCUT2D eigenvalue weighted by atomic mass is 10.1. The Morgan fingerprint density at radius 3 is 2.58 bits per heavy atom. The first kappa shape index (κ1) is 16.0. The number of rotatable bonds is 4. The van der Waals surface area contributed by atoms with E-state index in [0.29, 0.717) is 5.58 Å². The summed E-state index contributed by atoms with van der Waals surface area (Å²) in [7, 11) is 0. The van der Waals surface area contributed by atoms with Crippen molar-refractivity contribution in [1.82, 2.24) is 0 Å². The summed E-state index contributed by atoms with van der Waals surface area (Å²) in [6.07, 6.45) is 1.76. The zero-order valence-corrected chi connectivity index (χ0v) is 14.0. The van der Waals surface area contributed by atoms with Crippen LogP contribution in [-0.4, -0.2) is 11.0 Å². The summed E-state index contributed by atoms with van der Waals surface area (Å²) in [6.45, 7) is 0. The van der Waals surface area contributed by atoms with Crippen LogP contribution in [0.1, 0.15) is 5.56 Å². The van der Waals surface area contributed by atoms with Gasteiger partial charge in [-0.25, -0.2) is 0 Å². The first-order chi connectivity index (χ1) is 12.7. The molecule has 0 aliphatic carbocycles. The second-order valence-electron chi connectivity index (χ2n) is 6.11. The van der Waals surface area contributed by atoms with Crippen molar-refractivity contribution in [3.05, 3.63) is 84.6 Å². The van der Waals surface area contributed by atoms with E-state index in [1.807, 2.05) is 54.6 Å². The van der Waals surface area contributed by atoms with Crippen molar-refractivity contribution in [2.75, 3.05) is 5.32 Å². The lowest BCUT2D eigenvalue weighted by Gasteiger charge is -2.07. The minimum Gasteiger partial charge on any atom is -0.508 e. The molecule has 0 atom stereocenters. The minimum atomic E-state index is -0.119. The predicted octanol–water partition coefficient (Wildman–Crippen LogP) is 4.99. The van der Waals surface area contributed by atoms with Gasteiger partial charge in [-0.2, -0.15) is 0 Å². The highest BCUT2D eigenvalue weighted by Crippen LogP contribution is 2.26. The number of anilines is 1. The van der Waals surface area contributed by atoms with Crippen LogP contribution in [0.4, 0.5) is 5.69 Å². The molecule has 0 saturated carbocycles. The third kappa shape index (κ3) is 3.30. The fraction of sp³-hybridized carbons (Fsp3) is 0.0455. The monoisotopic (exact) mass is 343 g/mol. The number of phenolic OH excluding ortho intramolecular Hbond substituents is 1. The van der Waals surface area contributed by atoms with Crippen LogP contribution >= 0.6 is 0 Å². The molecule has 4 rings (SSSR count). The first-order valence-electron chi connectivity index (χ1n) is 8.33. The van der Waals surface area contributed by atoms with Crippen molar-refractivity contribution in [1.29, 1.82) is 0 Å². The number of carbonyl (C=O) groups is 1. The lowest BCUT2D eigenvalue weighted by Crippen LogP contribution is -2.14. The summed E-state index contributed by atoms with van der Waals surface area (Å²) in [5, 5.41) is 13.3. The van der Waals surface area contributed by atoms with Crippen LogP contribution in [0.3, 0.4) is 0 Å². The van der Waals surface area contributed by atoms with Crippen LogP contribution in [-0.2, 0) is 11.2 Å². The van der Waals surface area contributed by atoms with Gasteiger partial charge in [0.15, 0.2) is 0 Å². The average Bonchev–Trinajstić information content (AvgIpc) is 3.04. The van der Waals surface area contributed by atoms with Gasteiger partial charge >= 0.3 is 0 Å². The van der Waals surface area contributed by atoms with Crippen LogP contribution in [0.15, 0.2) is 83.5 Å². The number of nitrogens with one attached hydrogen (secondary N) is 1. The molecule has 26 heavy (non-hydrogen) atoms. The van der Waals surface area contributed by atoms with Gasteiger partial charge in [0.25, 0.3) is 0 Å². The molecule has 2 N–H and O–H groups in total. The SMILES string of the molecule is O=C(Cc1coc2cc(O)ccc12)Nc1cccc(-c2ccccc2)c1. The van der Waals surface area contributed by atoms with E-state index < -0.39 is 0 Å². The standard InChI is InChI=1S/C22H17NO3/c24-19-9-10-20-17(14-26-21(20)13-19)12-22(25)23-18-8-4-7-16(11-18)15-5-2-1-3-6-15/h1-11,13-14,24H,12H2,(H,23,25). The number of fused-ring (bicyclic) bond motifs is 1. The molecule has 4 aromatic rings. The Bertz CT molecular complexity index is 1070. The van der Waals surface area contributed by atoms with E-state index >= 15 is 0 Å². The van der Waals surface area contributed by atoms with Gasteiger partial charge in [0.05, 0.1) is 12.7 Å². The largest absolute Gasteiger partial charge is 0.508 e. The molecule has 0 aliphatic rings. The normalized spacial score (nSPS) is 10.8. The molecule has 4 heteroatoms. The van der Waals surface area contributed by atoms with Crippen LogP contribution in [0.2, 0.25) is 0 Å². The van der Waals surface area contributed by atoms with Crippen molar-refractivity contribution >= 4 is 22.6 Å². The minimum absolute atomic E-state index is 0.119. The molecular formula is C22H17NO3. The smallest absolute Gasteiger partial charge is 0.228 e. The maximum Gasteiger partial charge on any atom is 0.228 e. The Kier molecular flexibility index (Phi) is 4.15. The summed E-state index contributed by atoms with van der Waals surface area (Å²) < 4.78 is 5.42. The summed E-state index contributed by atoms with van der Waals surface area (Å²) in [5.41, 5.74) is 4.26. The second-order valence-corrected chi connectivity index (χ2v) is 6.11. The molecule has 1 heterocycles. The van der Waals surface area contributed by atoms with E-state index in [1.165, 1.54) is 0 Å².